The summed E-state index contributed by atoms with van der Waals surface area (Å²) in [6.07, 6.45) is 5.12. The highest BCUT2D eigenvalue weighted by atomic mass is 32.2. The van der Waals surface area contributed by atoms with Crippen LogP contribution >= 0.6 is 11.8 Å². The second kappa shape index (κ2) is 8.15. The Balaban J connectivity index is 1.44. The minimum atomic E-state index is -0.421. The van der Waals surface area contributed by atoms with E-state index in [1.54, 1.807) is 23.9 Å². The van der Waals surface area contributed by atoms with Gasteiger partial charge in [0.15, 0.2) is 5.16 Å². The van der Waals surface area contributed by atoms with Crippen LogP contribution in [0, 0.1) is 10.1 Å². The van der Waals surface area contributed by atoms with Crippen LogP contribution < -0.4 is 4.74 Å². The third kappa shape index (κ3) is 4.60. The van der Waals surface area contributed by atoms with Crippen molar-refractivity contribution in [1.82, 2.24) is 14.8 Å². The van der Waals surface area contributed by atoms with Crippen LogP contribution in [-0.4, -0.2) is 32.0 Å². The number of rotatable bonds is 10. The summed E-state index contributed by atoms with van der Waals surface area (Å²) >= 11 is 1.67. The summed E-state index contributed by atoms with van der Waals surface area (Å²) < 4.78 is 7.76. The molecule has 25 heavy (non-hydrogen) atoms. The standard InChI is InChI=1S/C17H20N4O3S/c1-2-10-20-16(13-4-5-13)18-19-17(20)25-12-3-11-24-15-8-6-14(7-9-15)21(22)23/h2,6-9,13H,1,3-5,10-12H2. The largest absolute Gasteiger partial charge is 0.494 e. The Hall–Kier alpha value is -2.35. The predicted octanol–water partition coefficient (Wildman–Crippen LogP) is 3.81. The second-order valence-electron chi connectivity index (χ2n) is 5.82. The number of nitrogens with zero attached hydrogens (tertiary/aromatic N) is 4. The van der Waals surface area contributed by atoms with E-state index < -0.39 is 4.92 Å². The molecule has 1 heterocycles. The molecular weight excluding hydrogens is 340 g/mol. The number of aromatic nitrogens is 3. The molecule has 0 aliphatic heterocycles. The van der Waals surface area contributed by atoms with E-state index in [0.29, 0.717) is 18.3 Å². The Bertz CT molecular complexity index is 741. The molecule has 1 aromatic heterocycles. The van der Waals surface area contributed by atoms with E-state index in [1.165, 1.54) is 25.0 Å². The summed E-state index contributed by atoms with van der Waals surface area (Å²) in [6, 6.07) is 6.13. The normalized spacial score (nSPS) is 13.6. The summed E-state index contributed by atoms with van der Waals surface area (Å²) in [5.41, 5.74) is 0.0657. The van der Waals surface area contributed by atoms with E-state index in [1.807, 2.05) is 6.08 Å². The number of nitro benzene ring substituents is 1. The minimum absolute atomic E-state index is 0.0657. The second-order valence-corrected chi connectivity index (χ2v) is 6.88. The molecule has 2 aromatic rings. The highest BCUT2D eigenvalue weighted by molar-refractivity contribution is 7.99. The topological polar surface area (TPSA) is 83.1 Å². The Morgan fingerprint density at radius 1 is 1.36 bits per heavy atom. The average molecular weight is 360 g/mol. The SMILES string of the molecule is C=CCn1c(SCCCOc2ccc([N+](=O)[O-])cc2)nnc1C1CC1. The zero-order chi connectivity index (χ0) is 17.6. The van der Waals surface area contributed by atoms with Gasteiger partial charge >= 0.3 is 0 Å². The van der Waals surface area contributed by atoms with Crippen molar-refractivity contribution in [2.45, 2.75) is 36.9 Å². The predicted molar refractivity (Wildman–Crippen MR) is 96.1 cm³/mol. The van der Waals surface area contributed by atoms with Gasteiger partial charge in [0.05, 0.1) is 11.5 Å². The number of thioether (sulfide) groups is 1. The third-order valence-corrected chi connectivity index (χ3v) is 4.89. The lowest BCUT2D eigenvalue weighted by Crippen LogP contribution is -2.04. The van der Waals surface area contributed by atoms with Crippen LogP contribution in [0.2, 0.25) is 0 Å². The molecule has 1 aliphatic rings. The molecule has 8 heteroatoms. The number of non-ortho nitro benzene ring substituents is 1. The van der Waals surface area contributed by atoms with Crippen LogP contribution in [0.1, 0.15) is 31.0 Å². The van der Waals surface area contributed by atoms with Gasteiger partial charge in [-0.2, -0.15) is 0 Å². The molecule has 7 nitrogen and oxygen atoms in total. The maximum Gasteiger partial charge on any atom is 0.269 e. The van der Waals surface area contributed by atoms with Gasteiger partial charge < -0.3 is 9.30 Å². The molecule has 1 aliphatic carbocycles. The van der Waals surface area contributed by atoms with Gasteiger partial charge in [0.2, 0.25) is 0 Å². The zero-order valence-electron chi connectivity index (χ0n) is 13.8. The van der Waals surface area contributed by atoms with Crippen LogP contribution in [0.3, 0.4) is 0 Å². The summed E-state index contributed by atoms with van der Waals surface area (Å²) in [5, 5.41) is 20.2. The number of allylic oxidation sites excluding steroid dienone is 1. The highest BCUT2D eigenvalue weighted by Gasteiger charge is 2.30. The van der Waals surface area contributed by atoms with Crippen molar-refractivity contribution in [3.63, 3.8) is 0 Å². The minimum Gasteiger partial charge on any atom is -0.494 e. The number of hydrogen-bond donors (Lipinski definition) is 0. The number of benzene rings is 1. The lowest BCUT2D eigenvalue weighted by molar-refractivity contribution is -0.384. The van der Waals surface area contributed by atoms with E-state index in [0.717, 1.165) is 29.7 Å². The van der Waals surface area contributed by atoms with E-state index >= 15 is 0 Å². The van der Waals surface area contributed by atoms with E-state index in [9.17, 15) is 10.1 Å². The summed E-state index contributed by atoms with van der Waals surface area (Å²) in [7, 11) is 0. The first kappa shape index (κ1) is 17.5. The molecule has 3 rings (SSSR count). The molecule has 0 radical (unpaired) electrons. The van der Waals surface area contributed by atoms with Crippen LogP contribution in [0.25, 0.3) is 0 Å². The van der Waals surface area contributed by atoms with Gasteiger partial charge in [0, 0.05) is 30.3 Å². The molecule has 0 amide bonds. The molecule has 1 aromatic carbocycles. The van der Waals surface area contributed by atoms with Crippen LogP contribution in [-0.2, 0) is 6.54 Å². The quantitative estimate of drug-likeness (QED) is 0.211. The average Bonchev–Trinajstić information content (AvgIpc) is 3.38. The fourth-order valence-corrected chi connectivity index (χ4v) is 3.29. The molecule has 1 fully saturated rings. The summed E-state index contributed by atoms with van der Waals surface area (Å²) in [6.45, 7) is 5.10. The van der Waals surface area contributed by atoms with Gasteiger partial charge in [-0.05, 0) is 31.4 Å². The Kier molecular flexibility index (Phi) is 5.70. The first-order chi connectivity index (χ1) is 12.2. The molecular formula is C17H20N4O3S. The lowest BCUT2D eigenvalue weighted by Gasteiger charge is -2.08. The molecule has 0 saturated heterocycles. The van der Waals surface area contributed by atoms with Gasteiger partial charge in [0.25, 0.3) is 5.69 Å². The van der Waals surface area contributed by atoms with E-state index in [2.05, 4.69) is 21.3 Å². The molecule has 0 atom stereocenters. The molecule has 0 unspecified atom stereocenters. The Morgan fingerprint density at radius 2 is 2.12 bits per heavy atom. The van der Waals surface area contributed by atoms with Crippen molar-refractivity contribution in [1.29, 1.82) is 0 Å². The van der Waals surface area contributed by atoms with E-state index in [4.69, 9.17) is 4.74 Å². The first-order valence-electron chi connectivity index (χ1n) is 8.23. The number of ether oxygens (including phenoxy) is 1. The van der Waals surface area contributed by atoms with Crippen molar-refractivity contribution in [3.05, 3.63) is 52.9 Å². The summed E-state index contributed by atoms with van der Waals surface area (Å²) in [5.74, 6) is 3.14. The fraction of sp³-hybridized carbons (Fsp3) is 0.412. The Morgan fingerprint density at radius 3 is 2.76 bits per heavy atom. The van der Waals surface area contributed by atoms with Crippen LogP contribution in [0.4, 0.5) is 5.69 Å². The van der Waals surface area contributed by atoms with Gasteiger partial charge in [-0.1, -0.05) is 17.8 Å². The van der Waals surface area contributed by atoms with Crippen molar-refractivity contribution in [3.8, 4) is 5.75 Å². The zero-order valence-corrected chi connectivity index (χ0v) is 14.7. The molecule has 0 spiro atoms. The van der Waals surface area contributed by atoms with Gasteiger partial charge in [-0.15, -0.1) is 16.8 Å². The number of nitro groups is 1. The lowest BCUT2D eigenvalue weighted by atomic mass is 10.3. The number of hydrogen-bond acceptors (Lipinski definition) is 6. The van der Waals surface area contributed by atoms with Crippen molar-refractivity contribution >= 4 is 17.4 Å². The smallest absolute Gasteiger partial charge is 0.269 e. The highest BCUT2D eigenvalue weighted by Crippen LogP contribution is 2.40. The van der Waals surface area contributed by atoms with Gasteiger partial charge in [-0.3, -0.25) is 10.1 Å². The van der Waals surface area contributed by atoms with Gasteiger partial charge in [-0.25, -0.2) is 0 Å². The molecule has 0 N–H and O–H groups in total. The van der Waals surface area contributed by atoms with Crippen molar-refractivity contribution in [2.75, 3.05) is 12.4 Å². The van der Waals surface area contributed by atoms with Gasteiger partial charge in [0.1, 0.15) is 11.6 Å². The summed E-state index contributed by atoms with van der Waals surface area (Å²) in [4.78, 5) is 10.2. The van der Waals surface area contributed by atoms with Crippen LogP contribution in [0.5, 0.6) is 5.75 Å². The monoisotopic (exact) mass is 360 g/mol. The van der Waals surface area contributed by atoms with Crippen molar-refractivity contribution < 1.29 is 9.66 Å². The maximum absolute atomic E-state index is 10.6. The first-order valence-corrected chi connectivity index (χ1v) is 9.21. The molecule has 0 bridgehead atoms. The fourth-order valence-electron chi connectivity index (χ4n) is 2.43. The Labute approximate surface area is 150 Å². The van der Waals surface area contributed by atoms with Crippen LogP contribution in [0.15, 0.2) is 42.1 Å². The van der Waals surface area contributed by atoms with E-state index in [-0.39, 0.29) is 5.69 Å². The van der Waals surface area contributed by atoms with Crippen molar-refractivity contribution in [2.24, 2.45) is 0 Å². The maximum atomic E-state index is 10.6. The molecule has 1 saturated carbocycles. The third-order valence-electron chi connectivity index (χ3n) is 3.84. The molecule has 132 valence electrons.